The summed E-state index contributed by atoms with van der Waals surface area (Å²) < 4.78 is 15.9. The molecule has 0 aliphatic carbocycles. The summed E-state index contributed by atoms with van der Waals surface area (Å²) in [6.45, 7) is 7.41. The molecule has 0 fully saturated rings. The first-order valence-corrected chi connectivity index (χ1v) is 7.31. The van der Waals surface area contributed by atoms with E-state index in [0.29, 0.717) is 16.8 Å². The van der Waals surface area contributed by atoms with Crippen LogP contribution in [-0.2, 0) is 7.05 Å². The van der Waals surface area contributed by atoms with Crippen LogP contribution >= 0.6 is 0 Å². The Kier molecular flexibility index (Phi) is 3.14. The zero-order valence-corrected chi connectivity index (χ0v) is 12.8. The fraction of sp³-hybridized carbons (Fsp3) is 0.0556. The molecule has 0 amide bonds. The van der Waals surface area contributed by atoms with Crippen molar-refractivity contribution < 1.29 is 4.39 Å². The maximum atomic E-state index is 14.2. The number of aromatic nitrogens is 4. The summed E-state index contributed by atoms with van der Waals surface area (Å²) in [5, 5.41) is 12.3. The molecule has 0 aliphatic rings. The Bertz CT molecular complexity index is 1100. The van der Waals surface area contributed by atoms with Crippen LogP contribution in [0.1, 0.15) is 0 Å². The van der Waals surface area contributed by atoms with E-state index in [9.17, 15) is 4.39 Å². The first kappa shape index (κ1) is 14.2. The van der Waals surface area contributed by atoms with Crippen molar-refractivity contribution in [3.8, 4) is 22.4 Å². The Balaban J connectivity index is 2.00. The number of hydrogen-bond acceptors (Lipinski definition) is 2. The van der Waals surface area contributed by atoms with Crippen molar-refractivity contribution in [2.45, 2.75) is 0 Å². The first-order chi connectivity index (χ1) is 11.7. The van der Waals surface area contributed by atoms with Crippen LogP contribution in [0.3, 0.4) is 0 Å². The second-order valence-corrected chi connectivity index (χ2v) is 5.48. The lowest BCUT2D eigenvalue weighted by atomic mass is 9.99. The molecule has 5 nitrogen and oxygen atoms in total. The summed E-state index contributed by atoms with van der Waals surface area (Å²) in [6, 6.07) is 9.98. The van der Waals surface area contributed by atoms with Gasteiger partial charge in [0.1, 0.15) is 11.5 Å². The number of rotatable bonds is 2. The van der Waals surface area contributed by atoms with Crippen LogP contribution < -0.4 is 0 Å². The normalized spacial score (nSPS) is 10.9. The van der Waals surface area contributed by atoms with Gasteiger partial charge in [0.2, 0.25) is 0 Å². The molecule has 2 heterocycles. The molecule has 4 rings (SSSR count). The van der Waals surface area contributed by atoms with Gasteiger partial charge in [0.15, 0.2) is 5.69 Å². The van der Waals surface area contributed by atoms with E-state index in [4.69, 9.17) is 6.57 Å². The Morgan fingerprint density at radius 2 is 2.04 bits per heavy atom. The van der Waals surface area contributed by atoms with Gasteiger partial charge in [-0.2, -0.15) is 10.2 Å². The molecule has 0 unspecified atom stereocenters. The molecule has 4 aromatic rings. The van der Waals surface area contributed by atoms with Gasteiger partial charge in [-0.3, -0.25) is 9.78 Å². The van der Waals surface area contributed by atoms with E-state index < -0.39 is 0 Å². The number of hydrogen-bond donors (Lipinski definition) is 1. The van der Waals surface area contributed by atoms with Gasteiger partial charge in [-0.15, -0.1) is 0 Å². The summed E-state index contributed by atoms with van der Waals surface area (Å²) >= 11 is 0. The first-order valence-electron chi connectivity index (χ1n) is 7.31. The standard InChI is InChI=1S/C18H12FN5/c1-20-16-8-17-14(7-13(16)12-5-3-4-6-15(12)19)18(23-22-17)11-9-21-24(2)10-11/h3-10H,2H3,(H,22,23). The molecule has 0 aliphatic heterocycles. The van der Waals surface area contributed by atoms with Crippen LogP contribution in [-0.4, -0.2) is 20.0 Å². The SMILES string of the molecule is [C-]#[N+]c1cc2[nH]nc(-c3cnn(C)c3)c2cc1-c1ccccc1F. The number of nitrogens with zero attached hydrogens (tertiary/aromatic N) is 4. The molecular formula is C18H12FN5. The minimum Gasteiger partial charge on any atom is -0.278 e. The number of H-pyrrole nitrogens is 1. The molecular weight excluding hydrogens is 305 g/mol. The van der Waals surface area contributed by atoms with Crippen molar-refractivity contribution in [1.82, 2.24) is 20.0 Å². The Morgan fingerprint density at radius 3 is 2.75 bits per heavy atom. The zero-order valence-electron chi connectivity index (χ0n) is 12.8. The van der Waals surface area contributed by atoms with Gasteiger partial charge in [-0.25, -0.2) is 9.24 Å². The smallest absolute Gasteiger partial charge is 0.197 e. The van der Waals surface area contributed by atoms with Crippen LogP contribution in [0.25, 0.3) is 38.1 Å². The van der Waals surface area contributed by atoms with Crippen LogP contribution in [0, 0.1) is 12.4 Å². The van der Waals surface area contributed by atoms with Crippen molar-refractivity contribution in [1.29, 1.82) is 0 Å². The van der Waals surface area contributed by atoms with Crippen LogP contribution in [0.15, 0.2) is 48.8 Å². The van der Waals surface area contributed by atoms with Crippen molar-refractivity contribution in [2.24, 2.45) is 7.05 Å². The van der Waals surface area contributed by atoms with E-state index >= 15 is 0 Å². The average Bonchev–Trinajstić information content (AvgIpc) is 3.19. The maximum Gasteiger partial charge on any atom is 0.197 e. The molecule has 24 heavy (non-hydrogen) atoms. The summed E-state index contributed by atoms with van der Waals surface area (Å²) in [5.74, 6) is -0.354. The average molecular weight is 317 g/mol. The highest BCUT2D eigenvalue weighted by Gasteiger charge is 2.16. The van der Waals surface area contributed by atoms with Gasteiger partial charge in [0.25, 0.3) is 0 Å². The third-order valence-corrected chi connectivity index (χ3v) is 3.94. The third-order valence-electron chi connectivity index (χ3n) is 3.94. The van der Waals surface area contributed by atoms with Crippen LogP contribution in [0.4, 0.5) is 10.1 Å². The Morgan fingerprint density at radius 1 is 1.21 bits per heavy atom. The van der Waals surface area contributed by atoms with Gasteiger partial charge in [-0.05, 0) is 17.7 Å². The molecule has 0 saturated carbocycles. The van der Waals surface area contributed by atoms with Gasteiger partial charge in [0.05, 0.1) is 18.3 Å². The molecule has 0 saturated heterocycles. The fourth-order valence-electron chi connectivity index (χ4n) is 2.80. The lowest BCUT2D eigenvalue weighted by molar-refractivity contribution is 0.631. The maximum absolute atomic E-state index is 14.2. The molecule has 6 heteroatoms. The number of aryl methyl sites for hydroxylation is 1. The van der Waals surface area contributed by atoms with Crippen LogP contribution in [0.5, 0.6) is 0 Å². The molecule has 2 aromatic carbocycles. The highest BCUT2D eigenvalue weighted by Crippen LogP contribution is 2.38. The van der Waals surface area contributed by atoms with Crippen molar-refractivity contribution in [2.75, 3.05) is 0 Å². The third kappa shape index (κ3) is 2.15. The number of fused-ring (bicyclic) bond motifs is 1. The minimum atomic E-state index is -0.354. The van der Waals surface area contributed by atoms with Gasteiger partial charge >= 0.3 is 0 Å². The number of aromatic amines is 1. The molecule has 0 atom stereocenters. The molecule has 0 bridgehead atoms. The fourth-order valence-corrected chi connectivity index (χ4v) is 2.80. The van der Waals surface area contributed by atoms with Crippen molar-refractivity contribution in [3.63, 3.8) is 0 Å². The lowest BCUT2D eigenvalue weighted by Crippen LogP contribution is -1.85. The molecule has 0 spiro atoms. The second kappa shape index (κ2) is 5.32. The summed E-state index contributed by atoms with van der Waals surface area (Å²) in [5.41, 5.74) is 3.67. The van der Waals surface area contributed by atoms with E-state index in [1.807, 2.05) is 19.3 Å². The topological polar surface area (TPSA) is 50.9 Å². The zero-order chi connectivity index (χ0) is 16.7. The van der Waals surface area contributed by atoms with Crippen molar-refractivity contribution >= 4 is 16.6 Å². The minimum absolute atomic E-state index is 0.354. The van der Waals surface area contributed by atoms with E-state index in [-0.39, 0.29) is 5.82 Å². The summed E-state index contributed by atoms with van der Waals surface area (Å²) in [7, 11) is 1.83. The predicted octanol–water partition coefficient (Wildman–Crippen LogP) is 4.32. The number of halogens is 1. The quantitative estimate of drug-likeness (QED) is 0.560. The van der Waals surface area contributed by atoms with E-state index in [1.165, 1.54) is 6.07 Å². The largest absolute Gasteiger partial charge is 0.278 e. The second-order valence-electron chi connectivity index (χ2n) is 5.48. The molecule has 2 aromatic heterocycles. The van der Waals surface area contributed by atoms with Crippen LogP contribution in [0.2, 0.25) is 0 Å². The van der Waals surface area contributed by atoms with Gasteiger partial charge < -0.3 is 0 Å². The molecule has 116 valence electrons. The molecule has 1 N–H and O–H groups in total. The van der Waals surface area contributed by atoms with E-state index in [0.717, 1.165) is 22.2 Å². The number of benzene rings is 2. The lowest BCUT2D eigenvalue weighted by Gasteiger charge is -2.07. The van der Waals surface area contributed by atoms with Gasteiger partial charge in [-0.1, -0.05) is 24.3 Å². The monoisotopic (exact) mass is 317 g/mol. The van der Waals surface area contributed by atoms with E-state index in [1.54, 1.807) is 35.1 Å². The highest BCUT2D eigenvalue weighted by molar-refractivity contribution is 5.99. The summed E-state index contributed by atoms with van der Waals surface area (Å²) in [4.78, 5) is 3.54. The predicted molar refractivity (Wildman–Crippen MR) is 90.0 cm³/mol. The van der Waals surface area contributed by atoms with E-state index in [2.05, 4.69) is 20.1 Å². The van der Waals surface area contributed by atoms with Gasteiger partial charge in [0, 0.05) is 29.8 Å². The highest BCUT2D eigenvalue weighted by atomic mass is 19.1. The van der Waals surface area contributed by atoms with Crippen molar-refractivity contribution in [3.05, 3.63) is 66.0 Å². The number of nitrogens with one attached hydrogen (secondary N) is 1. The Hall–Kier alpha value is -3.46. The summed E-state index contributed by atoms with van der Waals surface area (Å²) in [6.07, 6.45) is 3.59. The molecule has 0 radical (unpaired) electrons. The Labute approximate surface area is 137 Å².